The molecule has 0 bridgehead atoms. The average Bonchev–Trinajstić information content (AvgIpc) is 3.04. The average molecular weight is 314 g/mol. The van der Waals surface area contributed by atoms with Crippen molar-refractivity contribution in [2.24, 2.45) is 0 Å². The first-order valence-corrected chi connectivity index (χ1v) is 8.17. The van der Waals surface area contributed by atoms with Crippen LogP contribution in [0.3, 0.4) is 0 Å². The second-order valence-electron chi connectivity index (χ2n) is 6.04. The van der Waals surface area contributed by atoms with Gasteiger partial charge in [0.25, 0.3) is 5.91 Å². The van der Waals surface area contributed by atoms with Gasteiger partial charge in [0, 0.05) is 22.5 Å². The van der Waals surface area contributed by atoms with Gasteiger partial charge in [0.1, 0.15) is 0 Å². The van der Waals surface area contributed by atoms with Crippen molar-refractivity contribution in [1.82, 2.24) is 5.32 Å². The summed E-state index contributed by atoms with van der Waals surface area (Å²) in [6.07, 6.45) is 4.73. The molecule has 0 aromatic heterocycles. The Kier molecular flexibility index (Phi) is 4.49. The van der Waals surface area contributed by atoms with E-state index in [-0.39, 0.29) is 11.3 Å². The molecule has 3 rings (SSSR count). The predicted molar refractivity (Wildman–Crippen MR) is 90.4 cm³/mol. The Morgan fingerprint density at radius 1 is 1.00 bits per heavy atom. The molecule has 1 aliphatic rings. The van der Waals surface area contributed by atoms with Crippen LogP contribution in [-0.2, 0) is 5.41 Å². The van der Waals surface area contributed by atoms with E-state index in [0.717, 1.165) is 12.8 Å². The maximum absolute atomic E-state index is 12.3. The van der Waals surface area contributed by atoms with Crippen LogP contribution in [0, 0.1) is 0 Å². The van der Waals surface area contributed by atoms with Gasteiger partial charge in [-0.15, -0.1) is 0 Å². The first-order valence-electron chi connectivity index (χ1n) is 7.79. The number of nitrogens with one attached hydrogen (secondary N) is 1. The minimum absolute atomic E-state index is 0.0288. The lowest BCUT2D eigenvalue weighted by Gasteiger charge is -2.30. The third-order valence-electron chi connectivity index (χ3n) is 4.64. The van der Waals surface area contributed by atoms with E-state index in [1.165, 1.54) is 18.4 Å². The van der Waals surface area contributed by atoms with E-state index in [2.05, 4.69) is 29.6 Å². The molecule has 1 aliphatic carbocycles. The second-order valence-corrected chi connectivity index (χ2v) is 6.48. The van der Waals surface area contributed by atoms with Crippen molar-refractivity contribution in [1.29, 1.82) is 0 Å². The number of halogens is 1. The molecule has 0 atom stereocenters. The monoisotopic (exact) mass is 313 g/mol. The van der Waals surface area contributed by atoms with Crippen LogP contribution in [0.15, 0.2) is 54.6 Å². The highest BCUT2D eigenvalue weighted by Crippen LogP contribution is 2.40. The topological polar surface area (TPSA) is 29.1 Å². The van der Waals surface area contributed by atoms with Crippen molar-refractivity contribution < 1.29 is 4.79 Å². The van der Waals surface area contributed by atoms with Crippen LogP contribution in [0.2, 0.25) is 5.02 Å². The summed E-state index contributed by atoms with van der Waals surface area (Å²) in [7, 11) is 0. The van der Waals surface area contributed by atoms with E-state index >= 15 is 0 Å². The zero-order valence-electron chi connectivity index (χ0n) is 12.5. The molecule has 2 aromatic rings. The smallest absolute Gasteiger partial charge is 0.251 e. The van der Waals surface area contributed by atoms with Crippen molar-refractivity contribution in [2.75, 3.05) is 6.54 Å². The molecular weight excluding hydrogens is 294 g/mol. The summed E-state index contributed by atoms with van der Waals surface area (Å²) in [5.74, 6) is -0.0288. The van der Waals surface area contributed by atoms with Crippen LogP contribution in [0.5, 0.6) is 0 Å². The number of hydrogen-bond acceptors (Lipinski definition) is 1. The Morgan fingerprint density at radius 3 is 2.27 bits per heavy atom. The molecular formula is C19H20ClNO. The molecule has 1 fully saturated rings. The van der Waals surface area contributed by atoms with Crippen molar-refractivity contribution in [2.45, 2.75) is 31.1 Å². The van der Waals surface area contributed by atoms with Gasteiger partial charge in [-0.2, -0.15) is 0 Å². The lowest BCUT2D eigenvalue weighted by atomic mass is 9.79. The van der Waals surface area contributed by atoms with Crippen molar-refractivity contribution >= 4 is 17.5 Å². The summed E-state index contributed by atoms with van der Waals surface area (Å²) < 4.78 is 0. The zero-order valence-corrected chi connectivity index (χ0v) is 13.3. The molecule has 0 radical (unpaired) electrons. The van der Waals surface area contributed by atoms with E-state index in [9.17, 15) is 4.79 Å². The lowest BCUT2D eigenvalue weighted by Crippen LogP contribution is -2.39. The minimum Gasteiger partial charge on any atom is -0.351 e. The van der Waals surface area contributed by atoms with Gasteiger partial charge in [-0.05, 0) is 42.7 Å². The third kappa shape index (κ3) is 3.17. The highest BCUT2D eigenvalue weighted by Gasteiger charge is 2.35. The fourth-order valence-corrected chi connectivity index (χ4v) is 3.49. The minimum atomic E-state index is -0.0288. The first kappa shape index (κ1) is 15.1. The Bertz CT molecular complexity index is 630. The highest BCUT2D eigenvalue weighted by atomic mass is 35.5. The van der Waals surface area contributed by atoms with Crippen LogP contribution in [-0.4, -0.2) is 12.5 Å². The SMILES string of the molecule is O=C(NCC1(c2ccccc2)CCCC1)c1ccc(Cl)cc1. The molecule has 0 heterocycles. The Labute approximate surface area is 136 Å². The van der Waals surface area contributed by atoms with E-state index in [4.69, 9.17) is 11.6 Å². The Morgan fingerprint density at radius 2 is 1.64 bits per heavy atom. The molecule has 114 valence electrons. The quantitative estimate of drug-likeness (QED) is 0.879. The summed E-state index contributed by atoms with van der Waals surface area (Å²) in [5, 5.41) is 3.76. The standard InChI is InChI=1S/C19H20ClNO/c20-17-10-8-15(9-11-17)18(22)21-14-19(12-4-5-13-19)16-6-2-1-3-7-16/h1-3,6-11H,4-5,12-14H2,(H,21,22). The van der Waals surface area contributed by atoms with Crippen LogP contribution >= 0.6 is 11.6 Å². The molecule has 2 nitrogen and oxygen atoms in total. The van der Waals surface area contributed by atoms with Gasteiger partial charge in [-0.3, -0.25) is 4.79 Å². The number of benzene rings is 2. The summed E-state index contributed by atoms with van der Waals surface area (Å²) in [4.78, 5) is 12.3. The molecule has 2 aromatic carbocycles. The molecule has 0 saturated heterocycles. The number of rotatable bonds is 4. The molecule has 0 unspecified atom stereocenters. The van der Waals surface area contributed by atoms with Crippen LogP contribution in [0.4, 0.5) is 0 Å². The van der Waals surface area contributed by atoms with Crippen molar-refractivity contribution in [3.63, 3.8) is 0 Å². The highest BCUT2D eigenvalue weighted by molar-refractivity contribution is 6.30. The molecule has 1 saturated carbocycles. The number of carbonyl (C=O) groups excluding carboxylic acids is 1. The van der Waals surface area contributed by atoms with Gasteiger partial charge in [0.05, 0.1) is 0 Å². The summed E-state index contributed by atoms with van der Waals surface area (Å²) in [6.45, 7) is 0.693. The predicted octanol–water partition coefficient (Wildman–Crippen LogP) is 4.58. The molecule has 1 N–H and O–H groups in total. The normalized spacial score (nSPS) is 16.4. The third-order valence-corrected chi connectivity index (χ3v) is 4.89. The van der Waals surface area contributed by atoms with Gasteiger partial charge in [-0.1, -0.05) is 54.8 Å². The van der Waals surface area contributed by atoms with Gasteiger partial charge in [-0.25, -0.2) is 0 Å². The zero-order chi connectivity index (χ0) is 15.4. The first-order chi connectivity index (χ1) is 10.7. The van der Waals surface area contributed by atoms with Gasteiger partial charge in [0.2, 0.25) is 0 Å². The second kappa shape index (κ2) is 6.53. The maximum atomic E-state index is 12.3. The lowest BCUT2D eigenvalue weighted by molar-refractivity contribution is 0.0943. The van der Waals surface area contributed by atoms with Crippen LogP contribution in [0.25, 0.3) is 0 Å². The number of hydrogen-bond donors (Lipinski definition) is 1. The van der Waals surface area contributed by atoms with Gasteiger partial charge in [0.15, 0.2) is 0 Å². The van der Waals surface area contributed by atoms with E-state index < -0.39 is 0 Å². The van der Waals surface area contributed by atoms with E-state index in [0.29, 0.717) is 17.1 Å². The number of carbonyl (C=O) groups is 1. The fourth-order valence-electron chi connectivity index (χ4n) is 3.36. The van der Waals surface area contributed by atoms with Gasteiger partial charge >= 0.3 is 0 Å². The summed E-state index contributed by atoms with van der Waals surface area (Å²) in [6, 6.07) is 17.6. The summed E-state index contributed by atoms with van der Waals surface area (Å²) >= 11 is 5.87. The van der Waals surface area contributed by atoms with E-state index in [1.54, 1.807) is 24.3 Å². The van der Waals surface area contributed by atoms with E-state index in [1.807, 2.05) is 6.07 Å². The Balaban J connectivity index is 1.73. The number of amides is 1. The van der Waals surface area contributed by atoms with Crippen molar-refractivity contribution in [3.8, 4) is 0 Å². The fraction of sp³-hybridized carbons (Fsp3) is 0.316. The van der Waals surface area contributed by atoms with Crippen molar-refractivity contribution in [3.05, 3.63) is 70.7 Å². The maximum Gasteiger partial charge on any atom is 0.251 e. The summed E-state index contributed by atoms with van der Waals surface area (Å²) in [5.41, 5.74) is 2.08. The molecule has 0 aliphatic heterocycles. The van der Waals surface area contributed by atoms with Crippen LogP contribution < -0.4 is 5.32 Å². The molecule has 22 heavy (non-hydrogen) atoms. The van der Waals surface area contributed by atoms with Gasteiger partial charge < -0.3 is 5.32 Å². The van der Waals surface area contributed by atoms with Crippen LogP contribution in [0.1, 0.15) is 41.6 Å². The largest absolute Gasteiger partial charge is 0.351 e. The molecule has 3 heteroatoms. The molecule has 1 amide bonds. The molecule has 0 spiro atoms. The Hall–Kier alpha value is -1.80.